The lowest BCUT2D eigenvalue weighted by atomic mass is 9.95. The average Bonchev–Trinajstić information content (AvgIpc) is 3.42. The fraction of sp³-hybridized carbons (Fsp3) is 0.257. The minimum atomic E-state index is -1.46. The van der Waals surface area contributed by atoms with Crippen LogP contribution in [0.4, 0.5) is 0 Å². The molecule has 7 heteroatoms. The third-order valence-corrected chi connectivity index (χ3v) is 8.18. The molecule has 1 aliphatic rings. The van der Waals surface area contributed by atoms with Gasteiger partial charge in [0.2, 0.25) is 0 Å². The van der Waals surface area contributed by atoms with Gasteiger partial charge in [-0.3, -0.25) is 9.69 Å². The Morgan fingerprint density at radius 2 is 1.26 bits per heavy atom. The lowest BCUT2D eigenvalue weighted by Gasteiger charge is -2.36. The zero-order valence-corrected chi connectivity index (χ0v) is 24.1. The molecule has 216 valence electrons. The molecular formula is C35H35ClN2O4. The minimum Gasteiger partial charge on any atom is -0.480 e. The van der Waals surface area contributed by atoms with E-state index < -0.39 is 35.4 Å². The summed E-state index contributed by atoms with van der Waals surface area (Å²) in [5.74, 6) is -1.72. The highest BCUT2D eigenvalue weighted by Crippen LogP contribution is 2.27. The van der Waals surface area contributed by atoms with Crippen molar-refractivity contribution in [1.82, 2.24) is 9.80 Å². The number of halogens is 1. The summed E-state index contributed by atoms with van der Waals surface area (Å²) >= 11 is 6.30. The first-order valence-electron chi connectivity index (χ1n) is 14.2. The Kier molecular flexibility index (Phi) is 9.70. The zero-order valence-electron chi connectivity index (χ0n) is 23.3. The summed E-state index contributed by atoms with van der Waals surface area (Å²) in [6.45, 7) is 1.07. The number of aliphatic hydroxyl groups is 1. The first-order valence-corrected chi connectivity index (χ1v) is 14.6. The molecule has 1 fully saturated rings. The van der Waals surface area contributed by atoms with Crippen LogP contribution in [0.3, 0.4) is 0 Å². The van der Waals surface area contributed by atoms with Crippen LogP contribution in [0.5, 0.6) is 0 Å². The van der Waals surface area contributed by atoms with Crippen LogP contribution in [-0.2, 0) is 29.1 Å². The van der Waals surface area contributed by atoms with E-state index in [4.69, 9.17) is 11.6 Å². The molecule has 0 unspecified atom stereocenters. The van der Waals surface area contributed by atoms with Gasteiger partial charge in [-0.2, -0.15) is 0 Å². The molecule has 0 radical (unpaired) electrons. The molecule has 0 aliphatic carbocycles. The summed E-state index contributed by atoms with van der Waals surface area (Å²) in [7, 11) is 0. The van der Waals surface area contributed by atoms with Crippen LogP contribution in [0, 0.1) is 0 Å². The first kappa shape index (κ1) is 29.5. The molecule has 4 aromatic carbocycles. The number of aliphatic hydroxyl groups excluding tert-OH is 1. The third-order valence-electron chi connectivity index (χ3n) is 7.87. The molecule has 1 amide bonds. The topological polar surface area (TPSA) is 81.1 Å². The Balaban J connectivity index is 1.49. The van der Waals surface area contributed by atoms with Gasteiger partial charge in [-0.1, -0.05) is 115 Å². The third kappa shape index (κ3) is 7.26. The molecule has 0 aromatic heterocycles. The molecule has 1 heterocycles. The van der Waals surface area contributed by atoms with Crippen molar-refractivity contribution in [3.63, 3.8) is 0 Å². The number of nitrogens with zero attached hydrogens (tertiary/aromatic N) is 2. The van der Waals surface area contributed by atoms with E-state index in [0.717, 1.165) is 27.8 Å². The molecule has 1 aliphatic heterocycles. The van der Waals surface area contributed by atoms with E-state index in [1.807, 2.05) is 103 Å². The number of alkyl halides is 1. The summed E-state index contributed by atoms with van der Waals surface area (Å²) in [5, 5.41) is 21.1. The monoisotopic (exact) mass is 582 g/mol. The molecule has 0 bridgehead atoms. The van der Waals surface area contributed by atoms with Crippen LogP contribution in [0.1, 0.15) is 23.1 Å². The molecule has 2 N–H and O–H groups in total. The van der Waals surface area contributed by atoms with Gasteiger partial charge in [-0.25, -0.2) is 4.79 Å². The number of amides is 1. The Labute approximate surface area is 251 Å². The van der Waals surface area contributed by atoms with Crippen molar-refractivity contribution in [2.45, 2.75) is 49.5 Å². The van der Waals surface area contributed by atoms with Gasteiger partial charge >= 0.3 is 5.97 Å². The number of hydrogen-bond acceptors (Lipinski definition) is 4. The SMILES string of the molecule is O=C(O)[C@@H]1C[C@H](Cl)CN1C(=O)[C@@H](O)[C@H](Cc1ccc(-c2ccccc2)cc1)N(Cc1ccccc1)Cc1ccccc1. The zero-order chi connectivity index (χ0) is 29.5. The van der Waals surface area contributed by atoms with E-state index in [2.05, 4.69) is 17.0 Å². The van der Waals surface area contributed by atoms with E-state index in [-0.39, 0.29) is 13.0 Å². The Bertz CT molecular complexity index is 1410. The van der Waals surface area contributed by atoms with Gasteiger partial charge in [0, 0.05) is 25.7 Å². The van der Waals surface area contributed by atoms with Crippen molar-refractivity contribution in [2.24, 2.45) is 0 Å². The van der Waals surface area contributed by atoms with E-state index in [1.165, 1.54) is 4.90 Å². The van der Waals surface area contributed by atoms with Gasteiger partial charge in [0.25, 0.3) is 5.91 Å². The minimum absolute atomic E-state index is 0.0876. The molecule has 5 rings (SSSR count). The summed E-state index contributed by atoms with van der Waals surface area (Å²) < 4.78 is 0. The highest BCUT2D eigenvalue weighted by molar-refractivity contribution is 6.21. The number of carboxylic acid groups (broad SMARTS) is 1. The molecule has 0 spiro atoms. The molecule has 1 saturated heterocycles. The second-order valence-corrected chi connectivity index (χ2v) is 11.5. The van der Waals surface area contributed by atoms with Crippen molar-refractivity contribution >= 4 is 23.5 Å². The van der Waals surface area contributed by atoms with Crippen LogP contribution < -0.4 is 0 Å². The van der Waals surface area contributed by atoms with Gasteiger partial charge in [0.15, 0.2) is 0 Å². The maximum atomic E-state index is 13.8. The number of carboxylic acids is 1. The smallest absolute Gasteiger partial charge is 0.326 e. The average molecular weight is 583 g/mol. The molecule has 42 heavy (non-hydrogen) atoms. The normalized spacial score (nSPS) is 18.1. The van der Waals surface area contributed by atoms with Crippen LogP contribution >= 0.6 is 11.6 Å². The maximum absolute atomic E-state index is 13.8. The first-order chi connectivity index (χ1) is 20.4. The summed E-state index contributed by atoms with van der Waals surface area (Å²) in [6, 6.07) is 36.4. The predicted octanol–water partition coefficient (Wildman–Crippen LogP) is 5.62. The predicted molar refractivity (Wildman–Crippen MR) is 165 cm³/mol. The fourth-order valence-corrected chi connectivity index (χ4v) is 5.99. The van der Waals surface area contributed by atoms with Gasteiger partial charge in [-0.15, -0.1) is 11.6 Å². The highest BCUT2D eigenvalue weighted by Gasteiger charge is 2.43. The molecular weight excluding hydrogens is 548 g/mol. The van der Waals surface area contributed by atoms with Gasteiger partial charge in [-0.05, 0) is 40.7 Å². The lowest BCUT2D eigenvalue weighted by molar-refractivity contribution is -0.154. The van der Waals surface area contributed by atoms with Gasteiger partial charge < -0.3 is 15.1 Å². The number of rotatable bonds is 11. The van der Waals surface area contributed by atoms with Crippen LogP contribution in [-0.4, -0.2) is 62.0 Å². The van der Waals surface area contributed by atoms with Crippen molar-refractivity contribution < 1.29 is 19.8 Å². The number of carbonyl (C=O) groups excluding carboxylic acids is 1. The largest absolute Gasteiger partial charge is 0.480 e. The van der Waals surface area contributed by atoms with Crippen molar-refractivity contribution in [1.29, 1.82) is 0 Å². The number of aliphatic carboxylic acids is 1. The molecule has 4 aromatic rings. The standard InChI is InChI=1S/C35H35ClN2O4/c36-30-21-32(35(41)42)38(24-30)34(40)33(39)31(20-25-16-18-29(19-17-25)28-14-8-3-9-15-28)37(22-26-10-4-1-5-11-26)23-27-12-6-2-7-13-27/h1-19,30-33,39H,20-24H2,(H,41,42)/t30-,31-,32-,33-/m0/s1. The number of likely N-dealkylation sites (tertiary alicyclic amines) is 1. The van der Waals surface area contributed by atoms with Crippen molar-refractivity contribution in [3.05, 3.63) is 132 Å². The second-order valence-electron chi connectivity index (χ2n) is 10.8. The van der Waals surface area contributed by atoms with E-state index in [0.29, 0.717) is 19.5 Å². The second kappa shape index (κ2) is 13.8. The van der Waals surface area contributed by atoms with E-state index >= 15 is 0 Å². The summed E-state index contributed by atoms with van der Waals surface area (Å²) in [6.07, 6.45) is -0.925. The summed E-state index contributed by atoms with van der Waals surface area (Å²) in [5.41, 5.74) is 5.23. The van der Waals surface area contributed by atoms with E-state index in [1.54, 1.807) is 0 Å². The number of benzene rings is 4. The Morgan fingerprint density at radius 1 is 0.762 bits per heavy atom. The summed E-state index contributed by atoms with van der Waals surface area (Å²) in [4.78, 5) is 29.1. The van der Waals surface area contributed by atoms with Crippen molar-refractivity contribution in [2.75, 3.05) is 6.54 Å². The van der Waals surface area contributed by atoms with E-state index in [9.17, 15) is 19.8 Å². The Morgan fingerprint density at radius 3 is 1.79 bits per heavy atom. The molecule has 0 saturated carbocycles. The highest BCUT2D eigenvalue weighted by atomic mass is 35.5. The number of hydrogen-bond donors (Lipinski definition) is 2. The van der Waals surface area contributed by atoms with Gasteiger partial charge in [0.05, 0.1) is 5.38 Å². The van der Waals surface area contributed by atoms with Crippen LogP contribution in [0.25, 0.3) is 11.1 Å². The van der Waals surface area contributed by atoms with Crippen LogP contribution in [0.15, 0.2) is 115 Å². The fourth-order valence-electron chi connectivity index (χ4n) is 5.67. The molecule has 4 atom stereocenters. The molecule has 6 nitrogen and oxygen atoms in total. The number of carbonyl (C=O) groups is 2. The van der Waals surface area contributed by atoms with Gasteiger partial charge in [0.1, 0.15) is 12.1 Å². The quantitative estimate of drug-likeness (QED) is 0.224. The lowest BCUT2D eigenvalue weighted by Crippen LogP contribution is -2.54. The maximum Gasteiger partial charge on any atom is 0.326 e. The Hall–Kier alpha value is -3.97. The van der Waals surface area contributed by atoms with Crippen molar-refractivity contribution in [3.8, 4) is 11.1 Å². The van der Waals surface area contributed by atoms with Crippen LogP contribution in [0.2, 0.25) is 0 Å².